The molecule has 0 radical (unpaired) electrons. The van der Waals surface area contributed by atoms with Crippen LogP contribution in [0.1, 0.15) is 42.6 Å². The highest BCUT2D eigenvalue weighted by Gasteiger charge is 2.25. The number of carbonyl (C=O) groups is 1. The Hall–Kier alpha value is -2.49. The van der Waals surface area contributed by atoms with Gasteiger partial charge in [-0.3, -0.25) is 4.79 Å². The number of hydrogen-bond donors (Lipinski definition) is 3. The number of benzene rings is 2. The Labute approximate surface area is 214 Å². The summed E-state index contributed by atoms with van der Waals surface area (Å²) in [6, 6.07) is 16.1. The van der Waals surface area contributed by atoms with Gasteiger partial charge in [-0.25, -0.2) is 4.99 Å². The molecular weight excluding hydrogens is 529 g/mol. The van der Waals surface area contributed by atoms with Crippen molar-refractivity contribution in [2.75, 3.05) is 38.2 Å². The van der Waals surface area contributed by atoms with E-state index in [9.17, 15) is 4.79 Å². The van der Waals surface area contributed by atoms with Gasteiger partial charge in [0.15, 0.2) is 5.96 Å². The lowest BCUT2D eigenvalue weighted by atomic mass is 10.1. The Balaban J connectivity index is 0.00000385. The van der Waals surface area contributed by atoms with E-state index in [2.05, 4.69) is 33.8 Å². The van der Waals surface area contributed by atoms with Crippen LogP contribution in [0.4, 0.5) is 5.69 Å². The second-order valence-electron chi connectivity index (χ2n) is 7.90. The zero-order valence-electron chi connectivity index (χ0n) is 19.8. The Bertz CT molecular complexity index is 921. The molecule has 1 fully saturated rings. The minimum absolute atomic E-state index is 0. The number of aliphatic imine (C=N–C) groups is 1. The van der Waals surface area contributed by atoms with Crippen LogP contribution in [0.15, 0.2) is 53.5 Å². The molecule has 0 bridgehead atoms. The largest absolute Gasteiger partial charge is 0.495 e. The Morgan fingerprint density at radius 2 is 1.97 bits per heavy atom. The molecule has 0 aliphatic carbocycles. The lowest BCUT2D eigenvalue weighted by molar-refractivity contribution is 0.0953. The lowest BCUT2D eigenvalue weighted by Crippen LogP contribution is -2.44. The molecule has 33 heavy (non-hydrogen) atoms. The summed E-state index contributed by atoms with van der Waals surface area (Å²) in [5, 5.41) is 9.83. The highest BCUT2D eigenvalue weighted by Crippen LogP contribution is 2.30. The minimum atomic E-state index is -0.0369. The van der Waals surface area contributed by atoms with Crippen LogP contribution in [0.3, 0.4) is 0 Å². The number of anilines is 1. The second-order valence-corrected chi connectivity index (χ2v) is 7.90. The van der Waals surface area contributed by atoms with Gasteiger partial charge in [-0.1, -0.05) is 31.2 Å². The SMILES string of the molecule is CCCNC(=O)c1cccc(CN=C(NCC)NC2CCN(c3ccccc3OC)C2)c1.I. The van der Waals surface area contributed by atoms with Crippen LogP contribution < -0.4 is 25.6 Å². The van der Waals surface area contributed by atoms with Crippen LogP contribution in [-0.4, -0.2) is 51.2 Å². The van der Waals surface area contributed by atoms with Gasteiger partial charge in [-0.05, 0) is 49.6 Å². The number of rotatable bonds is 9. The summed E-state index contributed by atoms with van der Waals surface area (Å²) in [4.78, 5) is 19.3. The highest BCUT2D eigenvalue weighted by molar-refractivity contribution is 14.0. The van der Waals surface area contributed by atoms with E-state index in [0.717, 1.165) is 55.4 Å². The van der Waals surface area contributed by atoms with Crippen molar-refractivity contribution in [2.45, 2.75) is 39.3 Å². The minimum Gasteiger partial charge on any atom is -0.495 e. The average Bonchev–Trinajstić information content (AvgIpc) is 3.29. The number of nitrogens with one attached hydrogen (secondary N) is 3. The second kappa shape index (κ2) is 13.9. The summed E-state index contributed by atoms with van der Waals surface area (Å²) in [5.74, 6) is 1.65. The molecule has 0 saturated carbocycles. The summed E-state index contributed by atoms with van der Waals surface area (Å²) in [6.45, 7) is 7.93. The van der Waals surface area contributed by atoms with E-state index in [1.54, 1.807) is 7.11 Å². The van der Waals surface area contributed by atoms with Gasteiger partial charge in [0.2, 0.25) is 0 Å². The Morgan fingerprint density at radius 3 is 2.73 bits per heavy atom. The van der Waals surface area contributed by atoms with Crippen LogP contribution >= 0.6 is 24.0 Å². The predicted octanol–water partition coefficient (Wildman–Crippen LogP) is 3.79. The van der Waals surface area contributed by atoms with Crippen molar-refractivity contribution in [3.8, 4) is 5.75 Å². The first kappa shape index (κ1) is 26.8. The molecular formula is C25H36IN5O2. The normalized spacial score (nSPS) is 15.5. The van der Waals surface area contributed by atoms with Crippen LogP contribution in [-0.2, 0) is 6.54 Å². The van der Waals surface area contributed by atoms with E-state index in [4.69, 9.17) is 9.73 Å². The zero-order valence-corrected chi connectivity index (χ0v) is 22.1. The number of methoxy groups -OCH3 is 1. The van der Waals surface area contributed by atoms with Gasteiger partial charge < -0.3 is 25.6 Å². The number of nitrogens with zero attached hydrogens (tertiary/aromatic N) is 2. The first-order valence-corrected chi connectivity index (χ1v) is 11.4. The zero-order chi connectivity index (χ0) is 22.8. The quantitative estimate of drug-likeness (QED) is 0.245. The summed E-state index contributed by atoms with van der Waals surface area (Å²) >= 11 is 0. The van der Waals surface area contributed by atoms with Gasteiger partial charge in [0, 0.05) is 37.8 Å². The van der Waals surface area contributed by atoms with Gasteiger partial charge in [-0.15, -0.1) is 24.0 Å². The van der Waals surface area contributed by atoms with Crippen molar-refractivity contribution in [1.29, 1.82) is 0 Å². The Morgan fingerprint density at radius 1 is 1.15 bits per heavy atom. The van der Waals surface area contributed by atoms with Crippen molar-refractivity contribution in [1.82, 2.24) is 16.0 Å². The fraction of sp³-hybridized carbons (Fsp3) is 0.440. The van der Waals surface area contributed by atoms with E-state index in [0.29, 0.717) is 24.7 Å². The third-order valence-corrected chi connectivity index (χ3v) is 5.44. The molecule has 1 unspecified atom stereocenters. The number of para-hydroxylation sites is 2. The summed E-state index contributed by atoms with van der Waals surface area (Å²) in [7, 11) is 1.71. The summed E-state index contributed by atoms with van der Waals surface area (Å²) in [6.07, 6.45) is 1.94. The molecule has 0 spiro atoms. The average molecular weight is 566 g/mol. The van der Waals surface area contributed by atoms with Crippen LogP contribution in [0.5, 0.6) is 5.75 Å². The van der Waals surface area contributed by atoms with Crippen LogP contribution in [0.25, 0.3) is 0 Å². The molecule has 180 valence electrons. The van der Waals surface area contributed by atoms with Crippen molar-refractivity contribution in [3.63, 3.8) is 0 Å². The summed E-state index contributed by atoms with van der Waals surface area (Å²) in [5.41, 5.74) is 2.81. The molecule has 2 aromatic rings. The van der Waals surface area contributed by atoms with Gasteiger partial charge in [0.1, 0.15) is 5.75 Å². The van der Waals surface area contributed by atoms with Crippen molar-refractivity contribution < 1.29 is 9.53 Å². The smallest absolute Gasteiger partial charge is 0.251 e. The maximum absolute atomic E-state index is 12.2. The van der Waals surface area contributed by atoms with Crippen molar-refractivity contribution in [3.05, 3.63) is 59.7 Å². The standard InChI is InChI=1S/C25H35N5O2.HI/c1-4-14-27-24(31)20-10-8-9-19(16-20)17-28-25(26-5-2)29-21-13-15-30(18-21)22-11-6-7-12-23(22)32-3;/h6-12,16,21H,4-5,13-15,17-18H2,1-3H3,(H,27,31)(H2,26,28,29);1H. The molecule has 1 amide bonds. The summed E-state index contributed by atoms with van der Waals surface area (Å²) < 4.78 is 5.52. The number of hydrogen-bond acceptors (Lipinski definition) is 4. The molecule has 8 heteroatoms. The van der Waals surface area contributed by atoms with Gasteiger partial charge >= 0.3 is 0 Å². The third-order valence-electron chi connectivity index (χ3n) is 5.44. The van der Waals surface area contributed by atoms with Gasteiger partial charge in [0.05, 0.1) is 19.3 Å². The molecule has 1 atom stereocenters. The van der Waals surface area contributed by atoms with E-state index < -0.39 is 0 Å². The first-order chi connectivity index (χ1) is 15.6. The Kier molecular flexibility index (Phi) is 11.3. The van der Waals surface area contributed by atoms with E-state index in [1.165, 1.54) is 0 Å². The molecule has 1 aliphatic rings. The van der Waals surface area contributed by atoms with Gasteiger partial charge in [0.25, 0.3) is 5.91 Å². The number of ether oxygens (including phenoxy) is 1. The van der Waals surface area contributed by atoms with E-state index in [1.807, 2.05) is 49.4 Å². The molecule has 3 rings (SSSR count). The fourth-order valence-electron chi connectivity index (χ4n) is 3.82. The third kappa shape index (κ3) is 7.80. The number of amides is 1. The van der Waals surface area contributed by atoms with Crippen LogP contribution in [0.2, 0.25) is 0 Å². The molecule has 1 aliphatic heterocycles. The predicted molar refractivity (Wildman–Crippen MR) is 146 cm³/mol. The van der Waals surface area contributed by atoms with E-state index in [-0.39, 0.29) is 29.9 Å². The molecule has 3 N–H and O–H groups in total. The molecule has 2 aromatic carbocycles. The molecule has 1 heterocycles. The molecule has 1 saturated heterocycles. The monoisotopic (exact) mass is 565 g/mol. The topological polar surface area (TPSA) is 78.0 Å². The maximum atomic E-state index is 12.2. The molecule has 0 aromatic heterocycles. The fourth-order valence-corrected chi connectivity index (χ4v) is 3.82. The van der Waals surface area contributed by atoms with Crippen LogP contribution in [0, 0.1) is 0 Å². The maximum Gasteiger partial charge on any atom is 0.251 e. The van der Waals surface area contributed by atoms with Gasteiger partial charge in [-0.2, -0.15) is 0 Å². The number of halogens is 1. The first-order valence-electron chi connectivity index (χ1n) is 11.4. The van der Waals surface area contributed by atoms with Crippen molar-refractivity contribution >= 4 is 41.5 Å². The number of carbonyl (C=O) groups excluding carboxylic acids is 1. The molecule has 7 nitrogen and oxygen atoms in total. The van der Waals surface area contributed by atoms with Crippen molar-refractivity contribution in [2.24, 2.45) is 4.99 Å². The van der Waals surface area contributed by atoms with E-state index >= 15 is 0 Å². The lowest BCUT2D eigenvalue weighted by Gasteiger charge is -2.22. The highest BCUT2D eigenvalue weighted by atomic mass is 127. The number of guanidine groups is 1.